The first-order valence-corrected chi connectivity index (χ1v) is 6.34. The number of hydrogen-bond donors (Lipinski definition) is 1. The summed E-state index contributed by atoms with van der Waals surface area (Å²) in [6.45, 7) is 0.534. The predicted molar refractivity (Wildman–Crippen MR) is 71.5 cm³/mol. The molecule has 1 unspecified atom stereocenters. The Kier molecular flexibility index (Phi) is 2.39. The minimum Gasteiger partial charge on any atom is -0.351 e. The SMILES string of the molecule is N#CC1=CC2=CC(=O)NCC23C=CC(Br)=CC3=C1. The molecule has 0 fully saturated rings. The molecule has 2 aliphatic carbocycles. The van der Waals surface area contributed by atoms with Gasteiger partial charge in [-0.1, -0.05) is 28.1 Å². The van der Waals surface area contributed by atoms with Crippen molar-refractivity contribution in [2.45, 2.75) is 0 Å². The number of halogens is 1. The van der Waals surface area contributed by atoms with Gasteiger partial charge in [0.15, 0.2) is 0 Å². The summed E-state index contributed by atoms with van der Waals surface area (Å²) < 4.78 is 0.967. The van der Waals surface area contributed by atoms with Crippen molar-refractivity contribution in [3.63, 3.8) is 0 Å². The second-order valence-electron chi connectivity index (χ2n) is 4.46. The van der Waals surface area contributed by atoms with Crippen LogP contribution in [-0.4, -0.2) is 12.5 Å². The van der Waals surface area contributed by atoms with Crippen LogP contribution in [0.3, 0.4) is 0 Å². The highest BCUT2D eigenvalue weighted by Gasteiger charge is 2.40. The van der Waals surface area contributed by atoms with Crippen LogP contribution in [0.15, 0.2) is 57.7 Å². The molecule has 1 heterocycles. The molecule has 1 N–H and O–H groups in total. The summed E-state index contributed by atoms with van der Waals surface area (Å²) in [5, 5.41) is 11.9. The van der Waals surface area contributed by atoms with Crippen molar-refractivity contribution >= 4 is 21.8 Å². The summed E-state index contributed by atoms with van der Waals surface area (Å²) in [6, 6.07) is 2.14. The van der Waals surface area contributed by atoms with Gasteiger partial charge in [-0.2, -0.15) is 5.26 Å². The molecular weight excluding hydrogens is 292 g/mol. The highest BCUT2D eigenvalue weighted by atomic mass is 79.9. The maximum atomic E-state index is 11.5. The Hall–Kier alpha value is -1.86. The van der Waals surface area contributed by atoms with E-state index in [-0.39, 0.29) is 11.3 Å². The van der Waals surface area contributed by atoms with E-state index in [1.807, 2.05) is 18.2 Å². The summed E-state index contributed by atoms with van der Waals surface area (Å²) in [6.07, 6.45) is 11.3. The molecule has 0 saturated carbocycles. The number of nitrogens with zero attached hydrogens (tertiary/aromatic N) is 1. The molecule has 1 aliphatic heterocycles. The van der Waals surface area contributed by atoms with Gasteiger partial charge in [-0.3, -0.25) is 4.79 Å². The lowest BCUT2D eigenvalue weighted by molar-refractivity contribution is -0.117. The summed E-state index contributed by atoms with van der Waals surface area (Å²) in [5.41, 5.74) is 2.18. The van der Waals surface area contributed by atoms with Gasteiger partial charge in [0.25, 0.3) is 0 Å². The average Bonchev–Trinajstić information content (AvgIpc) is 2.36. The first-order chi connectivity index (χ1) is 8.64. The van der Waals surface area contributed by atoms with Crippen molar-refractivity contribution in [2.75, 3.05) is 6.54 Å². The minimum atomic E-state index is -0.314. The van der Waals surface area contributed by atoms with Gasteiger partial charge in [-0.25, -0.2) is 0 Å². The molecule has 1 amide bonds. The van der Waals surface area contributed by atoms with Crippen LogP contribution in [0.2, 0.25) is 0 Å². The van der Waals surface area contributed by atoms with E-state index in [2.05, 4.69) is 33.4 Å². The van der Waals surface area contributed by atoms with Gasteiger partial charge in [-0.05, 0) is 29.4 Å². The molecule has 3 aliphatic rings. The molecule has 3 nitrogen and oxygen atoms in total. The highest BCUT2D eigenvalue weighted by Crippen LogP contribution is 2.46. The number of amides is 1. The summed E-state index contributed by atoms with van der Waals surface area (Å²) in [4.78, 5) is 11.5. The maximum Gasteiger partial charge on any atom is 0.244 e. The number of hydrogen-bond acceptors (Lipinski definition) is 2. The van der Waals surface area contributed by atoms with Crippen LogP contribution in [0.25, 0.3) is 0 Å². The Balaban J connectivity index is 2.23. The Morgan fingerprint density at radius 3 is 2.83 bits per heavy atom. The van der Waals surface area contributed by atoms with Crippen LogP contribution >= 0.6 is 15.9 Å². The lowest BCUT2D eigenvalue weighted by Gasteiger charge is -2.40. The second-order valence-corrected chi connectivity index (χ2v) is 5.38. The Morgan fingerprint density at radius 2 is 2.06 bits per heavy atom. The van der Waals surface area contributed by atoms with Crippen LogP contribution < -0.4 is 5.32 Å². The fourth-order valence-electron chi connectivity index (χ4n) is 2.50. The molecule has 0 aromatic rings. The monoisotopic (exact) mass is 300 g/mol. The van der Waals surface area contributed by atoms with E-state index in [4.69, 9.17) is 5.26 Å². The third kappa shape index (κ3) is 1.52. The number of nitriles is 1. The molecule has 0 aromatic heterocycles. The summed E-state index contributed by atoms with van der Waals surface area (Å²) >= 11 is 3.44. The first-order valence-electron chi connectivity index (χ1n) is 5.54. The topological polar surface area (TPSA) is 52.9 Å². The van der Waals surface area contributed by atoms with Gasteiger partial charge >= 0.3 is 0 Å². The van der Waals surface area contributed by atoms with Gasteiger partial charge in [0, 0.05) is 17.1 Å². The highest BCUT2D eigenvalue weighted by molar-refractivity contribution is 9.11. The Morgan fingerprint density at radius 1 is 1.28 bits per heavy atom. The number of allylic oxidation sites excluding steroid dienone is 6. The smallest absolute Gasteiger partial charge is 0.244 e. The zero-order valence-electron chi connectivity index (χ0n) is 9.40. The maximum absolute atomic E-state index is 11.5. The molecule has 0 radical (unpaired) electrons. The largest absolute Gasteiger partial charge is 0.351 e. The first kappa shape index (κ1) is 11.2. The van der Waals surface area contributed by atoms with Gasteiger partial charge in [0.2, 0.25) is 5.91 Å². The molecular formula is C14H9BrN2O. The van der Waals surface area contributed by atoms with E-state index >= 15 is 0 Å². The fraction of sp³-hybridized carbons (Fsp3) is 0.143. The van der Waals surface area contributed by atoms with Crippen LogP contribution in [0.1, 0.15) is 0 Å². The summed E-state index contributed by atoms with van der Waals surface area (Å²) in [7, 11) is 0. The third-order valence-electron chi connectivity index (χ3n) is 3.43. The van der Waals surface area contributed by atoms with Crippen molar-refractivity contribution in [1.82, 2.24) is 5.32 Å². The van der Waals surface area contributed by atoms with E-state index < -0.39 is 0 Å². The molecule has 0 saturated heterocycles. The third-order valence-corrected chi connectivity index (χ3v) is 3.92. The molecule has 1 spiro atoms. The van der Waals surface area contributed by atoms with Crippen LogP contribution in [0.4, 0.5) is 0 Å². The molecule has 18 heavy (non-hydrogen) atoms. The lowest BCUT2D eigenvalue weighted by Crippen LogP contribution is -2.43. The fourth-order valence-corrected chi connectivity index (χ4v) is 2.88. The van der Waals surface area contributed by atoms with E-state index in [0.29, 0.717) is 12.1 Å². The Bertz CT molecular complexity index is 643. The normalized spacial score (nSPS) is 28.8. The second kappa shape index (κ2) is 3.82. The minimum absolute atomic E-state index is 0.104. The predicted octanol–water partition coefficient (Wildman–Crippen LogP) is 2.27. The molecule has 0 aromatic carbocycles. The van der Waals surface area contributed by atoms with E-state index in [0.717, 1.165) is 15.6 Å². The van der Waals surface area contributed by atoms with Gasteiger partial charge in [0.1, 0.15) is 0 Å². The average molecular weight is 301 g/mol. The molecule has 0 bridgehead atoms. The number of carbonyl (C=O) groups is 1. The van der Waals surface area contributed by atoms with Gasteiger partial charge in [-0.15, -0.1) is 0 Å². The van der Waals surface area contributed by atoms with Crippen LogP contribution in [-0.2, 0) is 4.79 Å². The molecule has 3 rings (SSSR count). The van der Waals surface area contributed by atoms with Crippen molar-refractivity contribution in [1.29, 1.82) is 5.26 Å². The molecule has 4 heteroatoms. The number of rotatable bonds is 0. The number of nitrogens with one attached hydrogen (secondary N) is 1. The zero-order valence-corrected chi connectivity index (χ0v) is 11.0. The standard InChI is InChI=1S/C14H9BrN2O/c15-12-1-2-14-8-17-13(18)6-11(14)4-9(7-16)3-10(14)5-12/h1-6H,8H2,(H,17,18). The van der Waals surface area contributed by atoms with E-state index in [1.54, 1.807) is 12.2 Å². The lowest BCUT2D eigenvalue weighted by atomic mass is 9.67. The van der Waals surface area contributed by atoms with Crippen molar-refractivity contribution in [3.8, 4) is 6.07 Å². The Labute approximate surface area is 113 Å². The van der Waals surface area contributed by atoms with Gasteiger partial charge in [0.05, 0.1) is 17.1 Å². The zero-order chi connectivity index (χ0) is 12.8. The summed E-state index contributed by atoms with van der Waals surface area (Å²) in [5.74, 6) is -0.104. The van der Waals surface area contributed by atoms with E-state index in [1.165, 1.54) is 0 Å². The number of carbonyl (C=O) groups excluding carboxylic acids is 1. The molecule has 88 valence electrons. The van der Waals surface area contributed by atoms with Crippen molar-refractivity contribution in [2.24, 2.45) is 5.41 Å². The van der Waals surface area contributed by atoms with Crippen LogP contribution in [0.5, 0.6) is 0 Å². The van der Waals surface area contributed by atoms with Gasteiger partial charge < -0.3 is 5.32 Å². The van der Waals surface area contributed by atoms with Crippen LogP contribution in [0, 0.1) is 16.7 Å². The quantitative estimate of drug-likeness (QED) is 0.746. The van der Waals surface area contributed by atoms with Crippen molar-refractivity contribution < 1.29 is 4.79 Å². The molecule has 1 atom stereocenters. The van der Waals surface area contributed by atoms with Crippen molar-refractivity contribution in [3.05, 3.63) is 57.7 Å². The van der Waals surface area contributed by atoms with E-state index in [9.17, 15) is 4.79 Å².